The standard InChI is InChI=1S/C27H33N5O2/c1-34-17-16-31-18-23(20-10-4-2-5-11-20)25(19-31)28-27(33)29-26-22-14-8-9-15-24(22)30-32(26)21-12-6-3-7-13-21/h2-7,10-13,23,25H,8-9,14-19H2,1H3,(H2,28,29,33)/t23?,25-/m1/s1. The molecule has 2 amide bonds. The number of anilines is 1. The van der Waals surface area contributed by atoms with Crippen molar-refractivity contribution in [2.24, 2.45) is 0 Å². The van der Waals surface area contributed by atoms with Gasteiger partial charge in [-0.15, -0.1) is 0 Å². The predicted octanol–water partition coefficient (Wildman–Crippen LogP) is 3.99. The number of aromatic nitrogens is 2. The van der Waals surface area contributed by atoms with Gasteiger partial charge in [-0.25, -0.2) is 9.48 Å². The number of carbonyl (C=O) groups excluding carboxylic acids is 1. The van der Waals surface area contributed by atoms with E-state index in [4.69, 9.17) is 9.84 Å². The van der Waals surface area contributed by atoms with Gasteiger partial charge in [0.25, 0.3) is 0 Å². The van der Waals surface area contributed by atoms with Crippen LogP contribution in [0.4, 0.5) is 10.6 Å². The Hall–Kier alpha value is -3.16. The molecule has 1 aliphatic carbocycles. The number of hydrogen-bond donors (Lipinski definition) is 2. The van der Waals surface area contributed by atoms with Crippen LogP contribution < -0.4 is 10.6 Å². The van der Waals surface area contributed by atoms with Gasteiger partial charge in [-0.3, -0.25) is 10.2 Å². The number of carbonyl (C=O) groups is 1. The number of amides is 2. The van der Waals surface area contributed by atoms with Crippen LogP contribution in [-0.2, 0) is 17.6 Å². The van der Waals surface area contributed by atoms with E-state index >= 15 is 0 Å². The van der Waals surface area contributed by atoms with Crippen molar-refractivity contribution in [2.75, 3.05) is 38.7 Å². The van der Waals surface area contributed by atoms with Gasteiger partial charge in [0.15, 0.2) is 0 Å². The molecule has 0 bridgehead atoms. The molecule has 34 heavy (non-hydrogen) atoms. The molecule has 5 rings (SSSR count). The second-order valence-electron chi connectivity index (χ2n) is 9.20. The molecule has 2 N–H and O–H groups in total. The van der Waals surface area contributed by atoms with Crippen LogP contribution in [0.15, 0.2) is 60.7 Å². The van der Waals surface area contributed by atoms with Crippen molar-refractivity contribution in [1.82, 2.24) is 20.0 Å². The molecule has 1 aliphatic heterocycles. The van der Waals surface area contributed by atoms with E-state index in [1.165, 1.54) is 5.56 Å². The van der Waals surface area contributed by atoms with Crippen molar-refractivity contribution in [3.63, 3.8) is 0 Å². The van der Waals surface area contributed by atoms with Crippen molar-refractivity contribution < 1.29 is 9.53 Å². The zero-order chi connectivity index (χ0) is 23.3. The van der Waals surface area contributed by atoms with Crippen LogP contribution >= 0.6 is 0 Å². The molecule has 0 spiro atoms. The van der Waals surface area contributed by atoms with E-state index in [0.717, 1.165) is 68.1 Å². The Labute approximate surface area is 201 Å². The average molecular weight is 460 g/mol. The molecule has 2 heterocycles. The predicted molar refractivity (Wildman–Crippen MR) is 134 cm³/mol. The van der Waals surface area contributed by atoms with Crippen LogP contribution in [-0.4, -0.2) is 60.1 Å². The smallest absolute Gasteiger partial charge is 0.320 e. The van der Waals surface area contributed by atoms with E-state index in [2.05, 4.69) is 39.8 Å². The van der Waals surface area contributed by atoms with Gasteiger partial charge < -0.3 is 10.1 Å². The summed E-state index contributed by atoms with van der Waals surface area (Å²) in [4.78, 5) is 15.7. The summed E-state index contributed by atoms with van der Waals surface area (Å²) >= 11 is 0. The molecule has 7 heteroatoms. The number of aryl methyl sites for hydroxylation is 1. The second kappa shape index (κ2) is 10.4. The first-order chi connectivity index (χ1) is 16.7. The van der Waals surface area contributed by atoms with Gasteiger partial charge in [0, 0.05) is 38.2 Å². The Morgan fingerprint density at radius 2 is 1.76 bits per heavy atom. The summed E-state index contributed by atoms with van der Waals surface area (Å²) in [7, 11) is 1.73. The molecule has 0 saturated carbocycles. The molecule has 3 aromatic rings. The molecular formula is C27H33N5O2. The van der Waals surface area contributed by atoms with Gasteiger partial charge >= 0.3 is 6.03 Å². The van der Waals surface area contributed by atoms with E-state index in [1.54, 1.807) is 7.11 Å². The second-order valence-corrected chi connectivity index (χ2v) is 9.20. The minimum absolute atomic E-state index is 0.0168. The third-order valence-corrected chi connectivity index (χ3v) is 6.94. The summed E-state index contributed by atoms with van der Waals surface area (Å²) in [5.74, 6) is 1.03. The van der Waals surface area contributed by atoms with E-state index in [-0.39, 0.29) is 18.0 Å². The van der Waals surface area contributed by atoms with Crippen molar-refractivity contribution in [3.05, 3.63) is 77.5 Å². The number of urea groups is 1. The van der Waals surface area contributed by atoms with Crippen LogP contribution in [0.25, 0.3) is 5.69 Å². The van der Waals surface area contributed by atoms with Gasteiger partial charge in [0.2, 0.25) is 0 Å². The average Bonchev–Trinajstić information content (AvgIpc) is 3.45. The number of hydrogen-bond acceptors (Lipinski definition) is 4. The summed E-state index contributed by atoms with van der Waals surface area (Å²) in [5, 5.41) is 11.3. The zero-order valence-electron chi connectivity index (χ0n) is 19.7. The highest BCUT2D eigenvalue weighted by molar-refractivity contribution is 5.90. The summed E-state index contributed by atoms with van der Waals surface area (Å²) in [6.07, 6.45) is 4.16. The summed E-state index contributed by atoms with van der Waals surface area (Å²) in [6.45, 7) is 3.23. The van der Waals surface area contributed by atoms with Crippen molar-refractivity contribution >= 4 is 11.8 Å². The number of rotatable bonds is 7. The van der Waals surface area contributed by atoms with E-state index in [1.807, 2.05) is 41.1 Å². The largest absolute Gasteiger partial charge is 0.383 e. The minimum Gasteiger partial charge on any atom is -0.383 e. The molecule has 1 fully saturated rings. The maximum absolute atomic E-state index is 13.3. The summed E-state index contributed by atoms with van der Waals surface area (Å²) in [6, 6.07) is 20.3. The Balaban J connectivity index is 1.36. The lowest BCUT2D eigenvalue weighted by atomic mass is 9.94. The Morgan fingerprint density at radius 1 is 1.03 bits per heavy atom. The van der Waals surface area contributed by atoms with E-state index in [0.29, 0.717) is 6.61 Å². The first-order valence-corrected chi connectivity index (χ1v) is 12.2. The molecule has 1 unspecified atom stereocenters. The van der Waals surface area contributed by atoms with Gasteiger partial charge in [-0.05, 0) is 43.4 Å². The Bertz CT molecular complexity index is 1100. The Kier molecular flexibility index (Phi) is 6.92. The monoisotopic (exact) mass is 459 g/mol. The van der Waals surface area contributed by atoms with Gasteiger partial charge in [-0.2, -0.15) is 5.10 Å². The maximum atomic E-state index is 13.3. The number of ether oxygens (including phenoxy) is 1. The topological polar surface area (TPSA) is 71.4 Å². The number of benzene rings is 2. The fourth-order valence-electron chi connectivity index (χ4n) is 5.22. The number of methoxy groups -OCH3 is 1. The number of nitrogens with one attached hydrogen (secondary N) is 2. The Morgan fingerprint density at radius 3 is 2.53 bits per heavy atom. The lowest BCUT2D eigenvalue weighted by Crippen LogP contribution is -2.42. The lowest BCUT2D eigenvalue weighted by molar-refractivity contribution is 0.159. The third-order valence-electron chi connectivity index (χ3n) is 6.94. The molecule has 1 saturated heterocycles. The molecule has 0 radical (unpaired) electrons. The van der Waals surface area contributed by atoms with Crippen LogP contribution in [0.5, 0.6) is 0 Å². The fourth-order valence-corrected chi connectivity index (χ4v) is 5.22. The van der Waals surface area contributed by atoms with Gasteiger partial charge in [-0.1, -0.05) is 48.5 Å². The zero-order valence-corrected chi connectivity index (χ0v) is 19.7. The van der Waals surface area contributed by atoms with Crippen LogP contribution in [0.2, 0.25) is 0 Å². The number of fused-ring (bicyclic) bond motifs is 1. The molecule has 1 aromatic heterocycles. The maximum Gasteiger partial charge on any atom is 0.320 e. The number of nitrogens with zero attached hydrogens (tertiary/aromatic N) is 3. The summed E-state index contributed by atoms with van der Waals surface area (Å²) in [5.41, 5.74) is 4.47. The SMILES string of the molecule is COCCN1CC(c2ccccc2)[C@H](NC(=O)Nc2c3c(nn2-c2ccccc2)CCCC3)C1. The number of para-hydroxylation sites is 1. The van der Waals surface area contributed by atoms with E-state index < -0.39 is 0 Å². The molecule has 2 aromatic carbocycles. The first-order valence-electron chi connectivity index (χ1n) is 12.2. The highest BCUT2D eigenvalue weighted by Gasteiger charge is 2.35. The minimum atomic E-state index is -0.176. The highest BCUT2D eigenvalue weighted by atomic mass is 16.5. The van der Waals surface area contributed by atoms with Gasteiger partial charge in [0.05, 0.1) is 24.0 Å². The molecule has 7 nitrogen and oxygen atoms in total. The number of likely N-dealkylation sites (tertiary alicyclic amines) is 1. The van der Waals surface area contributed by atoms with Crippen molar-refractivity contribution in [3.8, 4) is 5.69 Å². The molecule has 2 atom stereocenters. The van der Waals surface area contributed by atoms with Crippen molar-refractivity contribution in [1.29, 1.82) is 0 Å². The van der Waals surface area contributed by atoms with Crippen LogP contribution in [0.3, 0.4) is 0 Å². The van der Waals surface area contributed by atoms with Crippen LogP contribution in [0, 0.1) is 0 Å². The van der Waals surface area contributed by atoms with Gasteiger partial charge in [0.1, 0.15) is 5.82 Å². The third kappa shape index (κ3) is 4.86. The van der Waals surface area contributed by atoms with E-state index in [9.17, 15) is 4.79 Å². The highest BCUT2D eigenvalue weighted by Crippen LogP contribution is 2.31. The molecule has 178 valence electrons. The quantitative estimate of drug-likeness (QED) is 0.561. The lowest BCUT2D eigenvalue weighted by Gasteiger charge is -2.21. The fraction of sp³-hybridized carbons (Fsp3) is 0.407. The summed E-state index contributed by atoms with van der Waals surface area (Å²) < 4.78 is 7.18. The normalized spacial score (nSPS) is 20.1. The van der Waals surface area contributed by atoms with Crippen LogP contribution in [0.1, 0.15) is 35.6 Å². The molecular weight excluding hydrogens is 426 g/mol. The first kappa shape index (κ1) is 22.6. The molecule has 2 aliphatic rings. The van der Waals surface area contributed by atoms with Crippen molar-refractivity contribution in [2.45, 2.75) is 37.6 Å².